The molecule has 0 aliphatic heterocycles. The summed E-state index contributed by atoms with van der Waals surface area (Å²) in [5, 5.41) is 0. The van der Waals surface area contributed by atoms with Crippen LogP contribution in [0.3, 0.4) is 0 Å². The Morgan fingerprint density at radius 3 is 2.75 bits per heavy atom. The van der Waals surface area contributed by atoms with Crippen molar-refractivity contribution in [1.82, 2.24) is 4.57 Å². The minimum Gasteiger partial charge on any atom is -0.309 e. The first kappa shape index (κ1) is 8.53. The van der Waals surface area contributed by atoms with Crippen LogP contribution in [0, 0.1) is 6.92 Å². The molecule has 0 N–H and O–H groups in total. The number of pyridine rings is 1. The molecule has 0 saturated carbocycles. The van der Waals surface area contributed by atoms with Crippen LogP contribution in [0.4, 0.5) is 0 Å². The monoisotopic (exact) mass is 160 g/mol. The average molecular weight is 160 g/mol. The number of aromatic nitrogens is 1. The SMILES string of the molecule is C=CN=c1ccc(C)cn1C=C. The van der Waals surface area contributed by atoms with Crippen LogP contribution >= 0.6 is 0 Å². The van der Waals surface area contributed by atoms with Gasteiger partial charge < -0.3 is 4.57 Å². The molecule has 0 bridgehead atoms. The Morgan fingerprint density at radius 2 is 2.17 bits per heavy atom. The molecule has 1 rings (SSSR count). The van der Waals surface area contributed by atoms with Gasteiger partial charge in [-0.2, -0.15) is 0 Å². The lowest BCUT2D eigenvalue weighted by molar-refractivity contribution is 0.994. The van der Waals surface area contributed by atoms with Crippen molar-refractivity contribution in [1.29, 1.82) is 0 Å². The zero-order valence-electron chi connectivity index (χ0n) is 7.20. The maximum atomic E-state index is 4.07. The quantitative estimate of drug-likeness (QED) is 0.629. The summed E-state index contributed by atoms with van der Waals surface area (Å²) in [4.78, 5) is 4.07. The molecule has 0 radical (unpaired) electrons. The van der Waals surface area contributed by atoms with Crippen LogP contribution in [0.2, 0.25) is 0 Å². The van der Waals surface area contributed by atoms with Gasteiger partial charge in [0, 0.05) is 18.6 Å². The summed E-state index contributed by atoms with van der Waals surface area (Å²) in [7, 11) is 0. The van der Waals surface area contributed by atoms with E-state index in [2.05, 4.69) is 18.2 Å². The van der Waals surface area contributed by atoms with Gasteiger partial charge >= 0.3 is 0 Å². The van der Waals surface area contributed by atoms with Crippen LogP contribution < -0.4 is 5.49 Å². The van der Waals surface area contributed by atoms with Gasteiger partial charge in [-0.25, -0.2) is 4.99 Å². The Balaban J connectivity index is 3.39. The molecule has 2 nitrogen and oxygen atoms in total. The summed E-state index contributed by atoms with van der Waals surface area (Å²) in [5.41, 5.74) is 2.02. The van der Waals surface area contributed by atoms with Crippen molar-refractivity contribution in [2.75, 3.05) is 0 Å². The third-order valence-electron chi connectivity index (χ3n) is 1.52. The van der Waals surface area contributed by atoms with E-state index in [1.54, 1.807) is 6.20 Å². The molecule has 0 spiro atoms. The van der Waals surface area contributed by atoms with Crippen LogP contribution in [-0.4, -0.2) is 4.57 Å². The Labute approximate surface area is 72.2 Å². The van der Waals surface area contributed by atoms with E-state index < -0.39 is 0 Å². The van der Waals surface area contributed by atoms with Gasteiger partial charge in [-0.1, -0.05) is 19.2 Å². The third-order valence-corrected chi connectivity index (χ3v) is 1.52. The number of aryl methyl sites for hydroxylation is 1. The normalized spacial score (nSPS) is 11.2. The van der Waals surface area contributed by atoms with Crippen LogP contribution in [0.5, 0.6) is 0 Å². The molecule has 0 unspecified atom stereocenters. The summed E-state index contributed by atoms with van der Waals surface area (Å²) >= 11 is 0. The summed E-state index contributed by atoms with van der Waals surface area (Å²) in [6, 6.07) is 3.93. The van der Waals surface area contributed by atoms with Crippen LogP contribution in [0.15, 0.2) is 42.7 Å². The maximum absolute atomic E-state index is 4.07. The van der Waals surface area contributed by atoms with Crippen molar-refractivity contribution < 1.29 is 0 Å². The zero-order valence-corrected chi connectivity index (χ0v) is 7.20. The van der Waals surface area contributed by atoms with Crippen molar-refractivity contribution in [2.24, 2.45) is 4.99 Å². The lowest BCUT2D eigenvalue weighted by Gasteiger charge is -2.00. The largest absolute Gasteiger partial charge is 0.309 e. The van der Waals surface area contributed by atoms with Crippen molar-refractivity contribution >= 4 is 6.20 Å². The molecule has 1 aromatic heterocycles. The van der Waals surface area contributed by atoms with Crippen molar-refractivity contribution in [3.63, 3.8) is 0 Å². The lowest BCUT2D eigenvalue weighted by atomic mass is 10.3. The molecular weight excluding hydrogens is 148 g/mol. The Hall–Kier alpha value is -1.57. The number of rotatable bonds is 2. The first-order chi connectivity index (χ1) is 5.77. The molecule has 0 aliphatic carbocycles. The van der Waals surface area contributed by atoms with Gasteiger partial charge in [0.25, 0.3) is 0 Å². The van der Waals surface area contributed by atoms with Gasteiger partial charge in [-0.3, -0.25) is 0 Å². The molecule has 0 aromatic carbocycles. The van der Waals surface area contributed by atoms with E-state index in [1.165, 1.54) is 11.8 Å². The third kappa shape index (κ3) is 1.72. The Morgan fingerprint density at radius 1 is 1.42 bits per heavy atom. The Bertz CT molecular complexity index is 358. The van der Waals surface area contributed by atoms with Gasteiger partial charge in [0.1, 0.15) is 5.49 Å². The summed E-state index contributed by atoms with van der Waals surface area (Å²) in [5.74, 6) is 0. The number of hydrogen-bond acceptors (Lipinski definition) is 1. The fraction of sp³-hybridized carbons (Fsp3) is 0.100. The lowest BCUT2D eigenvalue weighted by Crippen LogP contribution is -2.14. The summed E-state index contributed by atoms with van der Waals surface area (Å²) < 4.78 is 1.86. The fourth-order valence-corrected chi connectivity index (χ4v) is 0.970. The van der Waals surface area contributed by atoms with E-state index >= 15 is 0 Å². The molecule has 0 aliphatic rings. The second kappa shape index (κ2) is 3.72. The minimum absolute atomic E-state index is 0.839. The first-order valence-corrected chi connectivity index (χ1v) is 3.74. The van der Waals surface area contributed by atoms with Gasteiger partial charge in [0.2, 0.25) is 0 Å². The molecule has 0 amide bonds. The predicted molar refractivity (Wildman–Crippen MR) is 51.3 cm³/mol. The summed E-state index contributed by atoms with van der Waals surface area (Å²) in [6.45, 7) is 9.25. The molecule has 0 saturated heterocycles. The minimum atomic E-state index is 0.839. The number of hydrogen-bond donors (Lipinski definition) is 0. The van der Waals surface area contributed by atoms with E-state index in [1.807, 2.05) is 29.8 Å². The van der Waals surface area contributed by atoms with Crippen LogP contribution in [0.25, 0.3) is 6.20 Å². The van der Waals surface area contributed by atoms with E-state index in [0.717, 1.165) is 5.49 Å². The molecule has 2 heteroatoms. The zero-order chi connectivity index (χ0) is 8.97. The fourth-order valence-electron chi connectivity index (χ4n) is 0.970. The highest BCUT2D eigenvalue weighted by molar-refractivity contribution is 5.20. The average Bonchev–Trinajstić information content (AvgIpc) is 2.08. The van der Waals surface area contributed by atoms with Crippen molar-refractivity contribution in [3.05, 3.63) is 48.7 Å². The molecule has 1 aromatic rings. The number of nitrogens with zero attached hydrogens (tertiary/aromatic N) is 2. The van der Waals surface area contributed by atoms with Gasteiger partial charge in [0.05, 0.1) is 0 Å². The predicted octanol–water partition coefficient (Wildman–Crippen LogP) is 1.94. The maximum Gasteiger partial charge on any atom is 0.136 e. The second-order valence-electron chi connectivity index (χ2n) is 2.47. The highest BCUT2D eigenvalue weighted by Crippen LogP contribution is 1.91. The molecule has 1 heterocycles. The smallest absolute Gasteiger partial charge is 0.136 e. The first-order valence-electron chi connectivity index (χ1n) is 3.74. The van der Waals surface area contributed by atoms with E-state index in [9.17, 15) is 0 Å². The van der Waals surface area contributed by atoms with Crippen LogP contribution in [-0.2, 0) is 0 Å². The molecule has 0 atom stereocenters. The van der Waals surface area contributed by atoms with Gasteiger partial charge in [-0.15, -0.1) is 0 Å². The van der Waals surface area contributed by atoms with Gasteiger partial charge in [-0.05, 0) is 18.6 Å². The molecular formula is C10H12N2. The highest BCUT2D eigenvalue weighted by atomic mass is 15.0. The Kier molecular flexibility index (Phi) is 2.64. The van der Waals surface area contributed by atoms with Crippen molar-refractivity contribution in [2.45, 2.75) is 6.92 Å². The molecule has 0 fully saturated rings. The second-order valence-corrected chi connectivity index (χ2v) is 2.47. The standard InChI is InChI=1S/C10H12N2/c1-4-11-10-7-6-9(3)8-12(10)5-2/h4-8H,1-2H2,3H3. The van der Waals surface area contributed by atoms with Gasteiger partial charge in [0.15, 0.2) is 0 Å². The highest BCUT2D eigenvalue weighted by Gasteiger charge is 1.87. The van der Waals surface area contributed by atoms with E-state index in [0.29, 0.717) is 0 Å². The van der Waals surface area contributed by atoms with Crippen LogP contribution in [0.1, 0.15) is 5.56 Å². The van der Waals surface area contributed by atoms with E-state index in [4.69, 9.17) is 0 Å². The molecule has 62 valence electrons. The van der Waals surface area contributed by atoms with Crippen molar-refractivity contribution in [3.8, 4) is 0 Å². The molecule has 12 heavy (non-hydrogen) atoms. The topological polar surface area (TPSA) is 17.3 Å². The van der Waals surface area contributed by atoms with E-state index in [-0.39, 0.29) is 0 Å². The summed E-state index contributed by atoms with van der Waals surface area (Å²) in [6.07, 6.45) is 5.20.